The number of pyridine rings is 2. The van der Waals surface area contributed by atoms with Gasteiger partial charge in [0.2, 0.25) is 11.5 Å². The average molecular weight is 366 g/mol. The van der Waals surface area contributed by atoms with Gasteiger partial charge in [-0.05, 0) is 34.6 Å². The summed E-state index contributed by atoms with van der Waals surface area (Å²) in [5.74, 6) is -2.88. The van der Waals surface area contributed by atoms with Gasteiger partial charge >= 0.3 is 0 Å². The predicted molar refractivity (Wildman–Crippen MR) is 90.9 cm³/mol. The molecule has 1 unspecified atom stereocenters. The molecule has 0 aliphatic heterocycles. The smallest absolute Gasteiger partial charge is 0.287 e. The predicted octanol–water partition coefficient (Wildman–Crippen LogP) is -0.0779. The molecule has 0 aliphatic rings. The zero-order valence-corrected chi connectivity index (χ0v) is 13.9. The molecule has 3 aromatic heterocycles. The molecule has 27 heavy (non-hydrogen) atoms. The summed E-state index contributed by atoms with van der Waals surface area (Å²) < 4.78 is 4.64. The number of amides is 2. The van der Waals surface area contributed by atoms with E-state index in [1.165, 1.54) is 12.4 Å². The second-order valence-corrected chi connectivity index (χ2v) is 5.46. The van der Waals surface area contributed by atoms with Gasteiger partial charge < -0.3 is 11.1 Å². The molecule has 0 saturated carbocycles. The number of rotatable bonds is 7. The van der Waals surface area contributed by atoms with Crippen molar-refractivity contribution >= 4 is 17.6 Å². The van der Waals surface area contributed by atoms with Crippen molar-refractivity contribution in [2.24, 2.45) is 5.73 Å². The van der Waals surface area contributed by atoms with Gasteiger partial charge in [-0.2, -0.15) is 0 Å². The molecule has 2 amide bonds. The van der Waals surface area contributed by atoms with Crippen LogP contribution in [0.3, 0.4) is 0 Å². The van der Waals surface area contributed by atoms with E-state index in [2.05, 4.69) is 30.2 Å². The quantitative estimate of drug-likeness (QED) is 0.550. The van der Waals surface area contributed by atoms with Crippen LogP contribution in [0.25, 0.3) is 11.4 Å². The van der Waals surface area contributed by atoms with Crippen LogP contribution < -0.4 is 11.1 Å². The molecule has 3 heterocycles. The summed E-state index contributed by atoms with van der Waals surface area (Å²) in [6, 6.07) is 8.90. The molecule has 1 atom stereocenters. The van der Waals surface area contributed by atoms with E-state index in [1.807, 2.05) is 0 Å². The van der Waals surface area contributed by atoms with Gasteiger partial charge in [-0.3, -0.25) is 24.4 Å². The zero-order valence-electron chi connectivity index (χ0n) is 13.9. The molecule has 0 radical (unpaired) electrons. The Morgan fingerprint density at radius 2 is 1.78 bits per heavy atom. The first-order valence-corrected chi connectivity index (χ1v) is 7.84. The number of hydrogen-bond acceptors (Lipinski definition) is 8. The summed E-state index contributed by atoms with van der Waals surface area (Å²) in [7, 11) is 0. The van der Waals surface area contributed by atoms with Gasteiger partial charge in [-0.1, -0.05) is 12.1 Å². The van der Waals surface area contributed by atoms with Crippen molar-refractivity contribution in [2.75, 3.05) is 0 Å². The van der Waals surface area contributed by atoms with Gasteiger partial charge in [0.25, 0.3) is 11.8 Å². The molecule has 3 aromatic rings. The SMILES string of the molecule is NC(=O)C(=O)C(Cc1ccccn1)NC(=O)c1nonc1-c1ccccn1. The summed E-state index contributed by atoms with van der Waals surface area (Å²) in [6.45, 7) is 0. The van der Waals surface area contributed by atoms with Gasteiger partial charge in [0, 0.05) is 24.5 Å². The highest BCUT2D eigenvalue weighted by Crippen LogP contribution is 2.17. The van der Waals surface area contributed by atoms with Gasteiger partial charge in [0.05, 0.1) is 5.69 Å². The minimum Gasteiger partial charge on any atom is -0.363 e. The lowest BCUT2D eigenvalue weighted by molar-refractivity contribution is -0.137. The Hall–Kier alpha value is -3.95. The summed E-state index contributed by atoms with van der Waals surface area (Å²) in [5, 5.41) is 9.70. The topological polar surface area (TPSA) is 154 Å². The maximum Gasteiger partial charge on any atom is 0.287 e. The number of primary amides is 1. The number of Topliss-reactive ketones (excluding diaryl/α,β-unsaturated/α-hetero) is 1. The second kappa shape index (κ2) is 7.95. The number of hydrogen-bond donors (Lipinski definition) is 2. The highest BCUT2D eigenvalue weighted by Gasteiger charge is 2.29. The number of aromatic nitrogens is 4. The van der Waals surface area contributed by atoms with Crippen molar-refractivity contribution in [3.63, 3.8) is 0 Å². The lowest BCUT2D eigenvalue weighted by Crippen LogP contribution is -2.47. The maximum absolute atomic E-state index is 12.6. The maximum atomic E-state index is 12.6. The number of carbonyl (C=O) groups excluding carboxylic acids is 3. The van der Waals surface area contributed by atoms with Crippen LogP contribution in [0.5, 0.6) is 0 Å². The van der Waals surface area contributed by atoms with Crippen molar-refractivity contribution < 1.29 is 19.0 Å². The third-order valence-corrected chi connectivity index (χ3v) is 3.62. The van der Waals surface area contributed by atoms with E-state index in [9.17, 15) is 14.4 Å². The van der Waals surface area contributed by atoms with Crippen LogP contribution in [0.1, 0.15) is 16.2 Å². The highest BCUT2D eigenvalue weighted by molar-refractivity contribution is 6.38. The highest BCUT2D eigenvalue weighted by atomic mass is 16.6. The van der Waals surface area contributed by atoms with Crippen LogP contribution >= 0.6 is 0 Å². The van der Waals surface area contributed by atoms with Gasteiger partial charge in [0.1, 0.15) is 6.04 Å². The lowest BCUT2D eigenvalue weighted by atomic mass is 10.1. The number of nitrogens with two attached hydrogens (primary N) is 1. The number of ketones is 1. The van der Waals surface area contributed by atoms with Crippen molar-refractivity contribution in [1.29, 1.82) is 0 Å². The Bertz CT molecular complexity index is 958. The molecule has 10 nitrogen and oxygen atoms in total. The van der Waals surface area contributed by atoms with Crippen molar-refractivity contribution in [1.82, 2.24) is 25.6 Å². The van der Waals surface area contributed by atoms with Crippen LogP contribution in [-0.2, 0) is 16.0 Å². The molecular formula is C17H14N6O4. The summed E-state index contributed by atoms with van der Waals surface area (Å²) in [5.41, 5.74) is 5.89. The van der Waals surface area contributed by atoms with E-state index in [4.69, 9.17) is 5.73 Å². The molecule has 10 heteroatoms. The second-order valence-electron chi connectivity index (χ2n) is 5.46. The fourth-order valence-electron chi connectivity index (χ4n) is 2.34. The Labute approximate surface area is 152 Å². The number of nitrogens with zero attached hydrogens (tertiary/aromatic N) is 4. The number of nitrogens with one attached hydrogen (secondary N) is 1. The molecule has 0 aliphatic carbocycles. The number of carbonyl (C=O) groups is 3. The Morgan fingerprint density at radius 1 is 1.04 bits per heavy atom. The summed E-state index contributed by atoms with van der Waals surface area (Å²) in [4.78, 5) is 44.2. The fraction of sp³-hybridized carbons (Fsp3) is 0.118. The van der Waals surface area contributed by atoms with Crippen LogP contribution in [-0.4, -0.2) is 43.9 Å². The van der Waals surface area contributed by atoms with E-state index < -0.39 is 23.6 Å². The summed E-state index contributed by atoms with van der Waals surface area (Å²) >= 11 is 0. The van der Waals surface area contributed by atoms with E-state index in [-0.39, 0.29) is 17.8 Å². The molecule has 136 valence electrons. The first-order chi connectivity index (χ1) is 13.1. The molecular weight excluding hydrogens is 352 g/mol. The van der Waals surface area contributed by atoms with E-state index in [1.54, 1.807) is 36.4 Å². The average Bonchev–Trinajstić information content (AvgIpc) is 3.18. The molecule has 0 spiro atoms. The van der Waals surface area contributed by atoms with Crippen LogP contribution in [0, 0.1) is 0 Å². The summed E-state index contributed by atoms with van der Waals surface area (Å²) in [6.07, 6.45) is 3.04. The fourth-order valence-corrected chi connectivity index (χ4v) is 2.34. The van der Waals surface area contributed by atoms with Crippen molar-refractivity contribution in [3.05, 3.63) is 60.2 Å². The first kappa shape index (κ1) is 17.9. The van der Waals surface area contributed by atoms with Gasteiger partial charge in [-0.15, -0.1) is 0 Å². The monoisotopic (exact) mass is 366 g/mol. The normalized spacial score (nSPS) is 11.6. The van der Waals surface area contributed by atoms with Crippen molar-refractivity contribution in [2.45, 2.75) is 12.5 Å². The van der Waals surface area contributed by atoms with Gasteiger partial charge in [0.15, 0.2) is 5.69 Å². The van der Waals surface area contributed by atoms with E-state index in [0.717, 1.165) is 0 Å². The standard InChI is InChI=1S/C17H14N6O4/c18-16(25)15(24)12(9-10-5-1-3-7-19-10)21-17(26)14-13(22-27-23-14)11-6-2-4-8-20-11/h1-8,12H,9H2,(H2,18,25)(H,21,26). The Kier molecular flexibility index (Phi) is 5.26. The van der Waals surface area contributed by atoms with E-state index >= 15 is 0 Å². The minimum atomic E-state index is -1.21. The van der Waals surface area contributed by atoms with Crippen LogP contribution in [0.2, 0.25) is 0 Å². The van der Waals surface area contributed by atoms with Gasteiger partial charge in [-0.25, -0.2) is 4.63 Å². The van der Waals surface area contributed by atoms with Crippen molar-refractivity contribution in [3.8, 4) is 11.4 Å². The zero-order chi connectivity index (χ0) is 19.2. The Balaban J connectivity index is 1.84. The molecule has 0 saturated heterocycles. The third-order valence-electron chi connectivity index (χ3n) is 3.62. The van der Waals surface area contributed by atoms with Crippen LogP contribution in [0.15, 0.2) is 53.4 Å². The largest absolute Gasteiger partial charge is 0.363 e. The Morgan fingerprint density at radius 3 is 2.41 bits per heavy atom. The van der Waals surface area contributed by atoms with E-state index in [0.29, 0.717) is 11.4 Å². The first-order valence-electron chi connectivity index (χ1n) is 7.84. The molecule has 0 fully saturated rings. The molecule has 0 aromatic carbocycles. The lowest BCUT2D eigenvalue weighted by Gasteiger charge is -2.15. The molecule has 3 rings (SSSR count). The molecule has 3 N–H and O–H groups in total. The molecule has 0 bridgehead atoms. The third kappa shape index (κ3) is 4.18. The minimum absolute atomic E-state index is 0.0153. The van der Waals surface area contributed by atoms with Crippen LogP contribution in [0.4, 0.5) is 0 Å².